The van der Waals surface area contributed by atoms with E-state index in [-0.39, 0.29) is 130 Å². The van der Waals surface area contributed by atoms with Crippen LogP contribution < -0.4 is 11.1 Å². The Morgan fingerprint density at radius 1 is 0.319 bits per heavy atom. The van der Waals surface area contributed by atoms with E-state index in [1.165, 1.54) is 50.5 Å². The fourth-order valence-corrected chi connectivity index (χ4v) is 8.79. The molecular formula is C110H221N7O21. The molecule has 1 aromatic carbocycles. The molecule has 0 aromatic heterocycles. The minimum absolute atomic E-state index is 0.0344. The monoisotopic (exact) mass is 1980 g/mol. The van der Waals surface area contributed by atoms with Crippen molar-refractivity contribution in [3.8, 4) is 0 Å². The minimum Gasteiger partial charge on any atom is -0.466 e. The Morgan fingerprint density at radius 2 is 0.623 bits per heavy atom. The quantitative estimate of drug-likeness (QED) is 0.0347. The molecule has 0 aliphatic carbocycles. The van der Waals surface area contributed by atoms with Gasteiger partial charge in [0, 0.05) is 51.7 Å². The maximum atomic E-state index is 11.4. The number of nitrogens with one attached hydrogen (secondary N) is 1. The highest BCUT2D eigenvalue weighted by Gasteiger charge is 2.27. The van der Waals surface area contributed by atoms with Crippen LogP contribution in [-0.4, -0.2) is 273 Å². The van der Waals surface area contributed by atoms with Gasteiger partial charge in [-0.05, 0) is 218 Å². The number of benzene rings is 1. The van der Waals surface area contributed by atoms with Crippen molar-refractivity contribution in [3.63, 3.8) is 0 Å². The van der Waals surface area contributed by atoms with Gasteiger partial charge in [-0.15, -0.1) is 0 Å². The number of hydrogen-bond acceptors (Lipinski definition) is 26. The summed E-state index contributed by atoms with van der Waals surface area (Å²) in [4.78, 5) is 132. The first-order valence-electron chi connectivity index (χ1n) is 52.6. The summed E-state index contributed by atoms with van der Waals surface area (Å²) < 4.78 is 50.0. The lowest BCUT2D eigenvalue weighted by Gasteiger charge is -2.19. The molecule has 0 aliphatic rings. The molecule has 0 fully saturated rings. The highest BCUT2D eigenvalue weighted by Crippen LogP contribution is 2.22. The summed E-state index contributed by atoms with van der Waals surface area (Å²) in [6.45, 7) is 69.5. The van der Waals surface area contributed by atoms with Crippen molar-refractivity contribution in [2.24, 2.45) is 76.2 Å². The zero-order valence-electron chi connectivity index (χ0n) is 96.8. The van der Waals surface area contributed by atoms with Gasteiger partial charge in [0.1, 0.15) is 33.0 Å². The molecular weight excluding hydrogens is 1760 g/mol. The van der Waals surface area contributed by atoms with E-state index in [1.54, 1.807) is 7.11 Å². The number of nitrogens with zero attached hydrogens (tertiary/aromatic N) is 5. The minimum atomic E-state index is -0.367. The summed E-state index contributed by atoms with van der Waals surface area (Å²) in [5.41, 5.74) is 5.99. The predicted octanol–water partition coefficient (Wildman–Crippen LogP) is 21.9. The summed E-state index contributed by atoms with van der Waals surface area (Å²) in [6, 6.07) is 10.6. The number of primary amides is 1. The van der Waals surface area contributed by atoms with Gasteiger partial charge in [-0.1, -0.05) is 262 Å². The Hall–Kier alpha value is -6.85. The van der Waals surface area contributed by atoms with Crippen molar-refractivity contribution in [2.45, 2.75) is 361 Å². The second-order valence-corrected chi connectivity index (χ2v) is 37.5. The zero-order valence-corrected chi connectivity index (χ0v) is 96.8. The molecule has 12 unspecified atom stereocenters. The van der Waals surface area contributed by atoms with E-state index in [0.717, 1.165) is 142 Å². The molecule has 1 rings (SSSR count). The van der Waals surface area contributed by atoms with Crippen LogP contribution in [0.2, 0.25) is 0 Å². The SMILES string of the molecule is CCC(C)(C)C(=O)OCCOC.CCC(C)C(=O)NCCCN(C)C.CCC(C)C(=O)OCCN(C)C.CCC(C)C(=O)OCCN(C)C.CCC(C)C(=O)OCCN(C)C.CCC(C)C(=O)OCCN(C)C.CCC(C)C(N)=O.CCC(C)c1ccccc1.CCCCC(CC)COC(=O)C(C)CC.CCCCCCOC(=O)C(C)CC.CCCCOC(=O)C(C)CC.CCOC(=O)C(C)CC. The van der Waals surface area contributed by atoms with Gasteiger partial charge in [0.05, 0.1) is 85.8 Å². The van der Waals surface area contributed by atoms with Gasteiger partial charge < -0.3 is 82.9 Å². The molecule has 138 heavy (non-hydrogen) atoms. The molecule has 0 spiro atoms. The third kappa shape index (κ3) is 111. The fraction of sp³-hybridized carbons (Fsp3) is 0.845. The van der Waals surface area contributed by atoms with Crippen LogP contribution in [0.25, 0.3) is 0 Å². The molecule has 822 valence electrons. The van der Waals surface area contributed by atoms with Crippen LogP contribution in [-0.2, 0) is 100 Å². The first-order valence-corrected chi connectivity index (χ1v) is 52.6. The highest BCUT2D eigenvalue weighted by atomic mass is 16.6. The summed E-state index contributed by atoms with van der Waals surface area (Å²) in [6.07, 6.45) is 23.1. The molecule has 2 amide bonds. The van der Waals surface area contributed by atoms with E-state index in [4.69, 9.17) is 53.1 Å². The van der Waals surface area contributed by atoms with Crippen LogP contribution >= 0.6 is 0 Å². The van der Waals surface area contributed by atoms with Crippen LogP contribution in [0.3, 0.4) is 0 Å². The largest absolute Gasteiger partial charge is 0.466 e. The van der Waals surface area contributed by atoms with Crippen molar-refractivity contribution < 1.29 is 100 Å². The lowest BCUT2D eigenvalue weighted by atomic mass is 9.91. The number of carbonyl (C=O) groups excluding carboxylic acids is 11. The first-order chi connectivity index (χ1) is 64.7. The van der Waals surface area contributed by atoms with E-state index in [0.29, 0.717) is 77.9 Å². The Labute approximate surface area is 847 Å². The third-order valence-electron chi connectivity index (χ3n) is 22.7. The molecule has 1 aromatic rings. The summed E-state index contributed by atoms with van der Waals surface area (Å²) in [5, 5.41) is 2.92. The Balaban J connectivity index is -0.000000142. The fourth-order valence-electron chi connectivity index (χ4n) is 8.79. The molecule has 3 N–H and O–H groups in total. The van der Waals surface area contributed by atoms with Gasteiger partial charge in [-0.3, -0.25) is 52.7 Å². The molecule has 0 saturated carbocycles. The van der Waals surface area contributed by atoms with E-state index < -0.39 is 0 Å². The van der Waals surface area contributed by atoms with Gasteiger partial charge in [0.25, 0.3) is 0 Å². The van der Waals surface area contributed by atoms with Gasteiger partial charge in [-0.2, -0.15) is 0 Å². The smallest absolute Gasteiger partial charge is 0.311 e. The van der Waals surface area contributed by atoms with Crippen molar-refractivity contribution >= 4 is 65.5 Å². The molecule has 0 heterocycles. The van der Waals surface area contributed by atoms with Crippen LogP contribution in [0, 0.1) is 70.5 Å². The second kappa shape index (κ2) is 109. The number of nitrogens with two attached hydrogens (primary N) is 1. The second-order valence-electron chi connectivity index (χ2n) is 37.5. The molecule has 0 saturated heterocycles. The number of hydrogen-bond donors (Lipinski definition) is 2. The lowest BCUT2D eigenvalue weighted by Crippen LogP contribution is -2.31. The van der Waals surface area contributed by atoms with Gasteiger partial charge in [0.2, 0.25) is 11.8 Å². The molecule has 28 heteroatoms. The normalized spacial score (nSPS) is 13.0. The van der Waals surface area contributed by atoms with Crippen molar-refractivity contribution in [3.05, 3.63) is 35.9 Å². The number of amides is 2. The molecule has 28 nitrogen and oxygen atoms in total. The van der Waals surface area contributed by atoms with Gasteiger partial charge >= 0.3 is 53.7 Å². The number of unbranched alkanes of at least 4 members (excludes halogenated alkanes) is 5. The Morgan fingerprint density at radius 3 is 0.884 bits per heavy atom. The average Bonchev–Trinajstić information content (AvgIpc) is 0.898. The van der Waals surface area contributed by atoms with Gasteiger partial charge in [0.15, 0.2) is 0 Å². The van der Waals surface area contributed by atoms with E-state index in [2.05, 4.69) is 82.1 Å². The molecule has 0 bridgehead atoms. The van der Waals surface area contributed by atoms with Gasteiger partial charge in [-0.25, -0.2) is 0 Å². The van der Waals surface area contributed by atoms with Crippen LogP contribution in [0.4, 0.5) is 0 Å². The first kappa shape index (κ1) is 154. The lowest BCUT2D eigenvalue weighted by molar-refractivity contribution is -0.155. The van der Waals surface area contributed by atoms with E-state index in [9.17, 15) is 52.7 Å². The zero-order chi connectivity index (χ0) is 109. The van der Waals surface area contributed by atoms with Crippen molar-refractivity contribution in [2.75, 3.05) is 183 Å². The maximum Gasteiger partial charge on any atom is 0.311 e. The van der Waals surface area contributed by atoms with Crippen molar-refractivity contribution in [1.29, 1.82) is 0 Å². The number of esters is 9. The van der Waals surface area contributed by atoms with Crippen LogP contribution in [0.1, 0.15) is 367 Å². The average molecular weight is 1980 g/mol. The third-order valence-corrected chi connectivity index (χ3v) is 22.7. The topological polar surface area (TPSA) is 334 Å². The number of methoxy groups -OCH3 is 1. The number of rotatable bonds is 58. The standard InChI is InChI=1S/C13H26O2.C11H22O2.C10H22N2O.C10H14.4C9H19NO2.C9H18O3.C9H18O2.C7H14O2.C5H11NO/c1-5-8-9-12(7-3)10-15-13(14)11(4)6-2;1-4-6-7-8-9-13-11(12)10(3)5-2;1-5-9(2)10(13)11-7-6-8-12(3)4;1-3-9(2)10-7-5-4-6-8-10;4*1-5-8(2)9(11)12-7-6-10(3)4;1-5-9(2,3)8(10)12-7-6-11-4;1-4-6-7-11-9(10)8(3)5-2;1-4-6(3)7(8)9-5-2;1-3-4(2)5(6)7/h11-12H,5-10H2,1-4H3;10H,4-9H2,1-3H3;9H,5-8H2,1-4H3,(H,11,13);4-9H,3H2,1-2H3;4*8H,5-7H2,1-4H3;5-7H2,1-4H3;8H,4-7H2,1-3H3;6H,4-5H2,1-3H3;4H,3H2,1-2H3,(H2,6,7). The molecule has 0 aliphatic heterocycles. The summed E-state index contributed by atoms with van der Waals surface area (Å²) in [5.74, 6) is 1.10. The van der Waals surface area contributed by atoms with E-state index >= 15 is 0 Å². The highest BCUT2D eigenvalue weighted by molar-refractivity contribution is 5.78. The maximum absolute atomic E-state index is 11.4. The summed E-state index contributed by atoms with van der Waals surface area (Å²) >= 11 is 0. The number of carbonyl (C=O) groups is 11. The number of likely N-dealkylation sites (N-methyl/N-ethyl adjacent to an activating group) is 4. The Bertz CT molecular complexity index is 2820. The Kier molecular flexibility index (Phi) is 122. The van der Waals surface area contributed by atoms with Crippen LogP contribution in [0.5, 0.6) is 0 Å². The predicted molar refractivity (Wildman–Crippen MR) is 572 cm³/mol. The summed E-state index contributed by atoms with van der Waals surface area (Å²) in [7, 11) is 21.3. The molecule has 0 radical (unpaired) electrons. The van der Waals surface area contributed by atoms with Crippen LogP contribution in [0.15, 0.2) is 30.3 Å². The number of ether oxygens (including phenoxy) is 10. The van der Waals surface area contributed by atoms with Crippen molar-refractivity contribution in [1.82, 2.24) is 29.8 Å². The van der Waals surface area contributed by atoms with E-state index in [1.807, 2.05) is 256 Å². The molecule has 12 atom stereocenters.